The van der Waals surface area contributed by atoms with Crippen molar-refractivity contribution in [3.63, 3.8) is 0 Å². The molecule has 0 aliphatic rings. The molecular weight excluding hydrogens is 142 g/mol. The molecule has 1 amide bonds. The molecule has 0 aliphatic carbocycles. The number of carbonyl (C=O) groups excluding carboxylic acids is 1. The number of hydrogen-bond acceptors (Lipinski definition) is 2. The summed E-state index contributed by atoms with van der Waals surface area (Å²) in [5.74, 6) is -0.347. The van der Waals surface area contributed by atoms with Crippen LogP contribution in [-0.4, -0.2) is 23.7 Å². The fraction of sp³-hybridized carbons (Fsp3) is 0.625. The Labute approximate surface area is 67.1 Å². The average Bonchev–Trinajstić information content (AvgIpc) is 2.03. The summed E-state index contributed by atoms with van der Waals surface area (Å²) in [5, 5.41) is 12.0. The summed E-state index contributed by atoms with van der Waals surface area (Å²) in [6.07, 6.45) is 2.24. The maximum atomic E-state index is 11.0. The smallest absolute Gasteiger partial charge is 0.252 e. The van der Waals surface area contributed by atoms with E-state index in [4.69, 9.17) is 0 Å². The van der Waals surface area contributed by atoms with Crippen LogP contribution in [0.2, 0.25) is 0 Å². The molecule has 0 aromatic rings. The van der Waals surface area contributed by atoms with Gasteiger partial charge in [0.1, 0.15) is 5.60 Å². The lowest BCUT2D eigenvalue weighted by atomic mass is 9.96. The second kappa shape index (κ2) is 4.13. The summed E-state index contributed by atoms with van der Waals surface area (Å²) in [5.41, 5.74) is -1.27. The maximum absolute atomic E-state index is 11.0. The summed E-state index contributed by atoms with van der Waals surface area (Å²) in [4.78, 5) is 11.0. The highest BCUT2D eigenvalue weighted by Gasteiger charge is 2.31. The quantitative estimate of drug-likeness (QED) is 0.582. The molecule has 0 aromatic heterocycles. The van der Waals surface area contributed by atoms with E-state index in [1.165, 1.54) is 7.05 Å². The van der Waals surface area contributed by atoms with E-state index >= 15 is 0 Å². The highest BCUT2D eigenvalue weighted by Crippen LogP contribution is 2.14. The fourth-order valence-electron chi connectivity index (χ4n) is 0.869. The van der Waals surface area contributed by atoms with Gasteiger partial charge in [-0.15, -0.1) is 6.58 Å². The van der Waals surface area contributed by atoms with Crippen LogP contribution in [0, 0.1) is 0 Å². The number of aliphatic hydroxyl groups is 1. The van der Waals surface area contributed by atoms with Gasteiger partial charge in [-0.2, -0.15) is 0 Å². The summed E-state index contributed by atoms with van der Waals surface area (Å²) in [7, 11) is 1.51. The van der Waals surface area contributed by atoms with Gasteiger partial charge in [-0.25, -0.2) is 0 Å². The molecule has 0 bridgehead atoms. The van der Waals surface area contributed by atoms with Crippen molar-refractivity contribution in [1.29, 1.82) is 0 Å². The second-order valence-electron chi connectivity index (χ2n) is 2.46. The van der Waals surface area contributed by atoms with Crippen LogP contribution in [0.25, 0.3) is 0 Å². The molecule has 0 saturated heterocycles. The van der Waals surface area contributed by atoms with Crippen molar-refractivity contribution in [2.24, 2.45) is 0 Å². The van der Waals surface area contributed by atoms with Gasteiger partial charge in [-0.05, 0) is 6.42 Å². The molecule has 1 atom stereocenters. The first-order valence-corrected chi connectivity index (χ1v) is 3.66. The van der Waals surface area contributed by atoms with E-state index in [1.54, 1.807) is 13.0 Å². The van der Waals surface area contributed by atoms with Crippen LogP contribution in [-0.2, 0) is 4.79 Å². The molecular formula is C8H15NO2. The predicted molar refractivity (Wildman–Crippen MR) is 44.1 cm³/mol. The van der Waals surface area contributed by atoms with Crippen molar-refractivity contribution in [3.05, 3.63) is 12.7 Å². The van der Waals surface area contributed by atoms with Gasteiger partial charge in [0.15, 0.2) is 0 Å². The Morgan fingerprint density at radius 1 is 1.82 bits per heavy atom. The van der Waals surface area contributed by atoms with Crippen molar-refractivity contribution in [2.75, 3.05) is 7.05 Å². The topological polar surface area (TPSA) is 49.3 Å². The van der Waals surface area contributed by atoms with E-state index < -0.39 is 5.60 Å². The second-order valence-corrected chi connectivity index (χ2v) is 2.46. The van der Waals surface area contributed by atoms with Crippen LogP contribution in [0.3, 0.4) is 0 Å². The van der Waals surface area contributed by atoms with Gasteiger partial charge in [0.05, 0.1) is 0 Å². The van der Waals surface area contributed by atoms with Crippen LogP contribution in [0.1, 0.15) is 19.8 Å². The van der Waals surface area contributed by atoms with E-state index in [0.29, 0.717) is 12.8 Å². The lowest BCUT2D eigenvalue weighted by Gasteiger charge is -2.22. The first kappa shape index (κ1) is 10.2. The normalized spacial score (nSPS) is 15.2. The number of nitrogens with one attached hydrogen (secondary N) is 1. The van der Waals surface area contributed by atoms with E-state index in [-0.39, 0.29) is 5.91 Å². The molecule has 1 unspecified atom stereocenters. The molecule has 0 rings (SSSR count). The zero-order valence-corrected chi connectivity index (χ0v) is 7.05. The molecule has 64 valence electrons. The van der Waals surface area contributed by atoms with E-state index in [2.05, 4.69) is 11.9 Å². The Morgan fingerprint density at radius 3 is 2.64 bits per heavy atom. The highest BCUT2D eigenvalue weighted by molar-refractivity contribution is 5.84. The third-order valence-electron chi connectivity index (χ3n) is 1.72. The van der Waals surface area contributed by atoms with Crippen molar-refractivity contribution in [3.8, 4) is 0 Å². The minimum absolute atomic E-state index is 0.295. The van der Waals surface area contributed by atoms with Gasteiger partial charge in [0.25, 0.3) is 5.91 Å². The number of hydrogen-bond donors (Lipinski definition) is 2. The lowest BCUT2D eigenvalue weighted by Crippen LogP contribution is -2.44. The van der Waals surface area contributed by atoms with Gasteiger partial charge < -0.3 is 10.4 Å². The summed E-state index contributed by atoms with van der Waals surface area (Å²) >= 11 is 0. The van der Waals surface area contributed by atoms with Crippen molar-refractivity contribution in [2.45, 2.75) is 25.4 Å². The van der Waals surface area contributed by atoms with Crippen LogP contribution < -0.4 is 5.32 Å². The van der Waals surface area contributed by atoms with Crippen LogP contribution >= 0.6 is 0 Å². The average molecular weight is 157 g/mol. The van der Waals surface area contributed by atoms with Crippen LogP contribution in [0.5, 0.6) is 0 Å². The van der Waals surface area contributed by atoms with E-state index in [9.17, 15) is 9.90 Å². The van der Waals surface area contributed by atoms with E-state index in [0.717, 1.165) is 0 Å². The van der Waals surface area contributed by atoms with Gasteiger partial charge in [-0.1, -0.05) is 13.0 Å². The highest BCUT2D eigenvalue weighted by atomic mass is 16.3. The lowest BCUT2D eigenvalue weighted by molar-refractivity contribution is -0.139. The first-order valence-electron chi connectivity index (χ1n) is 3.66. The third-order valence-corrected chi connectivity index (χ3v) is 1.72. The molecule has 0 spiro atoms. The van der Waals surface area contributed by atoms with Crippen molar-refractivity contribution >= 4 is 5.91 Å². The van der Waals surface area contributed by atoms with Gasteiger partial charge in [-0.3, -0.25) is 4.79 Å². The summed E-state index contributed by atoms with van der Waals surface area (Å²) in [6.45, 7) is 5.23. The molecule has 3 nitrogen and oxygen atoms in total. The molecule has 0 aliphatic heterocycles. The molecule has 0 radical (unpaired) electrons. The molecule has 0 saturated carbocycles. The third kappa shape index (κ3) is 2.35. The van der Waals surface area contributed by atoms with Gasteiger partial charge >= 0.3 is 0 Å². The minimum atomic E-state index is -1.27. The SMILES string of the molecule is C=CCC(O)(CC)C(=O)NC. The number of carbonyl (C=O) groups is 1. The minimum Gasteiger partial charge on any atom is -0.380 e. The van der Waals surface area contributed by atoms with E-state index in [1.807, 2.05) is 0 Å². The maximum Gasteiger partial charge on any atom is 0.252 e. The monoisotopic (exact) mass is 157 g/mol. The first-order chi connectivity index (χ1) is 5.10. The molecule has 3 heteroatoms. The largest absolute Gasteiger partial charge is 0.380 e. The fourth-order valence-corrected chi connectivity index (χ4v) is 0.869. The zero-order valence-electron chi connectivity index (χ0n) is 7.05. The Kier molecular flexibility index (Phi) is 3.82. The molecule has 0 aromatic carbocycles. The standard InChI is InChI=1S/C8H15NO2/c1-4-6-8(11,5-2)7(10)9-3/h4,11H,1,5-6H2,2-3H3,(H,9,10). The Bertz CT molecular complexity index is 156. The molecule has 0 fully saturated rings. The number of rotatable bonds is 4. The Morgan fingerprint density at radius 2 is 2.36 bits per heavy atom. The zero-order chi connectivity index (χ0) is 8.91. The Balaban J connectivity index is 4.31. The summed E-state index contributed by atoms with van der Waals surface area (Å²) < 4.78 is 0. The van der Waals surface area contributed by atoms with Gasteiger partial charge in [0, 0.05) is 13.5 Å². The molecule has 0 heterocycles. The van der Waals surface area contributed by atoms with Crippen LogP contribution in [0.4, 0.5) is 0 Å². The van der Waals surface area contributed by atoms with Gasteiger partial charge in [0.2, 0.25) is 0 Å². The number of amides is 1. The number of likely N-dealkylation sites (N-methyl/N-ethyl adjacent to an activating group) is 1. The molecule has 11 heavy (non-hydrogen) atoms. The molecule has 2 N–H and O–H groups in total. The Hall–Kier alpha value is -0.830. The van der Waals surface area contributed by atoms with Crippen molar-refractivity contribution < 1.29 is 9.90 Å². The predicted octanol–water partition coefficient (Wildman–Crippen LogP) is 0.450. The summed E-state index contributed by atoms with van der Waals surface area (Å²) in [6, 6.07) is 0. The van der Waals surface area contributed by atoms with Crippen LogP contribution in [0.15, 0.2) is 12.7 Å². The van der Waals surface area contributed by atoms with Crippen molar-refractivity contribution in [1.82, 2.24) is 5.32 Å².